The second kappa shape index (κ2) is 7.74. The first kappa shape index (κ1) is 17.5. The predicted molar refractivity (Wildman–Crippen MR) is 96.0 cm³/mol. The number of carbonyl (C=O) groups is 2. The second-order valence-corrected chi connectivity index (χ2v) is 6.48. The first-order chi connectivity index (χ1) is 12.1. The van der Waals surface area contributed by atoms with Crippen molar-refractivity contribution >= 4 is 17.6 Å². The Kier molecular flexibility index (Phi) is 5.43. The summed E-state index contributed by atoms with van der Waals surface area (Å²) < 4.78 is 5.22. The van der Waals surface area contributed by atoms with Crippen molar-refractivity contribution in [3.63, 3.8) is 0 Å². The molecule has 2 aliphatic rings. The molecule has 7 nitrogen and oxygen atoms in total. The molecule has 0 aliphatic carbocycles. The van der Waals surface area contributed by atoms with E-state index in [1.807, 2.05) is 29.2 Å². The van der Waals surface area contributed by atoms with Crippen LogP contribution in [-0.2, 0) is 4.79 Å². The van der Waals surface area contributed by atoms with Gasteiger partial charge in [0.2, 0.25) is 5.91 Å². The molecule has 3 amide bonds. The van der Waals surface area contributed by atoms with E-state index in [1.54, 1.807) is 12.0 Å². The summed E-state index contributed by atoms with van der Waals surface area (Å²) in [6.45, 7) is 6.93. The number of hydrogen-bond acceptors (Lipinski definition) is 4. The molecule has 2 heterocycles. The maximum atomic E-state index is 12.4. The average Bonchev–Trinajstić information content (AvgIpc) is 3.02. The van der Waals surface area contributed by atoms with E-state index in [1.165, 1.54) is 0 Å². The minimum absolute atomic E-state index is 0.0226. The minimum Gasteiger partial charge on any atom is -0.497 e. The molecule has 0 unspecified atom stereocenters. The lowest BCUT2D eigenvalue weighted by atomic mass is 10.2. The van der Waals surface area contributed by atoms with E-state index in [2.05, 4.69) is 17.1 Å². The maximum absolute atomic E-state index is 12.4. The summed E-state index contributed by atoms with van der Waals surface area (Å²) in [4.78, 5) is 30.7. The van der Waals surface area contributed by atoms with Crippen molar-refractivity contribution in [3.8, 4) is 5.75 Å². The normalized spacial score (nSPS) is 21.5. The highest BCUT2D eigenvalue weighted by atomic mass is 16.5. The molecule has 136 valence electrons. The Morgan fingerprint density at radius 1 is 1.28 bits per heavy atom. The molecule has 0 spiro atoms. The van der Waals surface area contributed by atoms with Gasteiger partial charge >= 0.3 is 6.03 Å². The third kappa shape index (κ3) is 4.04. The zero-order valence-corrected chi connectivity index (χ0v) is 14.9. The van der Waals surface area contributed by atoms with E-state index in [4.69, 9.17) is 4.74 Å². The third-order valence-electron chi connectivity index (χ3n) is 4.92. The Hall–Kier alpha value is -2.28. The molecule has 7 heteroatoms. The van der Waals surface area contributed by atoms with Gasteiger partial charge in [-0.15, -0.1) is 0 Å². The highest BCUT2D eigenvalue weighted by Crippen LogP contribution is 2.25. The Balaban J connectivity index is 1.56. The lowest BCUT2D eigenvalue weighted by Gasteiger charge is -2.34. The van der Waals surface area contributed by atoms with Crippen LogP contribution in [0.15, 0.2) is 24.3 Å². The van der Waals surface area contributed by atoms with E-state index in [0.29, 0.717) is 18.7 Å². The fraction of sp³-hybridized carbons (Fsp3) is 0.556. The Bertz CT molecular complexity index is 629. The molecule has 2 aliphatic heterocycles. The molecule has 0 aromatic heterocycles. The van der Waals surface area contributed by atoms with Crippen LogP contribution in [0.2, 0.25) is 0 Å². The van der Waals surface area contributed by atoms with Crippen LogP contribution in [0, 0.1) is 0 Å². The summed E-state index contributed by atoms with van der Waals surface area (Å²) in [6.07, 6.45) is 0.331. The van der Waals surface area contributed by atoms with E-state index in [-0.39, 0.29) is 18.0 Å². The van der Waals surface area contributed by atoms with Crippen molar-refractivity contribution in [2.75, 3.05) is 51.3 Å². The number of hydrogen-bond donors (Lipinski definition) is 1. The van der Waals surface area contributed by atoms with Crippen LogP contribution in [0.25, 0.3) is 0 Å². The molecule has 1 aromatic rings. The number of likely N-dealkylation sites (N-methyl/N-ethyl adjacent to an activating group) is 1. The smallest absolute Gasteiger partial charge is 0.317 e. The summed E-state index contributed by atoms with van der Waals surface area (Å²) in [6, 6.07) is 7.21. The summed E-state index contributed by atoms with van der Waals surface area (Å²) in [5.74, 6) is 0.737. The third-order valence-corrected chi connectivity index (χ3v) is 4.92. The van der Waals surface area contributed by atoms with Crippen molar-refractivity contribution in [1.29, 1.82) is 0 Å². The fourth-order valence-corrected chi connectivity index (χ4v) is 3.37. The Morgan fingerprint density at radius 2 is 2.04 bits per heavy atom. The van der Waals surface area contributed by atoms with Gasteiger partial charge in [0.05, 0.1) is 13.2 Å². The predicted octanol–water partition coefficient (Wildman–Crippen LogP) is 1.15. The molecule has 2 saturated heterocycles. The van der Waals surface area contributed by atoms with Crippen molar-refractivity contribution in [3.05, 3.63) is 24.3 Å². The number of benzene rings is 1. The SMILES string of the molecule is CCN1CCN(C(=O)N[C@H]2CC(=O)N(c3cccc(OC)c3)C2)CC1. The minimum atomic E-state index is -0.157. The number of anilines is 1. The standard InChI is InChI=1S/C18H26N4O3/c1-3-20-7-9-21(10-8-20)18(24)19-14-11-17(23)22(13-14)15-5-4-6-16(12-15)25-2/h4-6,12,14H,3,7-11,13H2,1-2H3,(H,19,24)/t14-/m0/s1. The van der Waals surface area contributed by atoms with Gasteiger partial charge in [-0.25, -0.2) is 4.79 Å². The van der Waals surface area contributed by atoms with Gasteiger partial charge in [-0.2, -0.15) is 0 Å². The number of piperazine rings is 1. The Morgan fingerprint density at radius 3 is 2.72 bits per heavy atom. The fourth-order valence-electron chi connectivity index (χ4n) is 3.37. The number of rotatable bonds is 4. The number of nitrogens with zero attached hydrogens (tertiary/aromatic N) is 3. The number of carbonyl (C=O) groups excluding carboxylic acids is 2. The first-order valence-corrected chi connectivity index (χ1v) is 8.83. The molecule has 0 bridgehead atoms. The monoisotopic (exact) mass is 346 g/mol. The summed E-state index contributed by atoms with van der Waals surface area (Å²) in [5.41, 5.74) is 0.803. The lowest BCUT2D eigenvalue weighted by Crippen LogP contribution is -2.53. The number of ether oxygens (including phenoxy) is 1. The topological polar surface area (TPSA) is 65.1 Å². The summed E-state index contributed by atoms with van der Waals surface area (Å²) >= 11 is 0. The van der Waals surface area contributed by atoms with Crippen LogP contribution < -0.4 is 15.0 Å². The van der Waals surface area contributed by atoms with E-state index in [0.717, 1.165) is 38.4 Å². The zero-order chi connectivity index (χ0) is 17.8. The van der Waals surface area contributed by atoms with Crippen LogP contribution in [0.4, 0.5) is 10.5 Å². The second-order valence-electron chi connectivity index (χ2n) is 6.48. The van der Waals surface area contributed by atoms with Gasteiger partial charge in [0.1, 0.15) is 5.75 Å². The molecule has 0 radical (unpaired) electrons. The van der Waals surface area contributed by atoms with Crippen molar-refractivity contribution in [2.45, 2.75) is 19.4 Å². The van der Waals surface area contributed by atoms with E-state index >= 15 is 0 Å². The molecule has 2 fully saturated rings. The average molecular weight is 346 g/mol. The van der Waals surface area contributed by atoms with E-state index < -0.39 is 0 Å². The summed E-state index contributed by atoms with van der Waals surface area (Å²) in [5, 5.41) is 3.01. The van der Waals surface area contributed by atoms with Gasteiger partial charge in [0, 0.05) is 50.9 Å². The zero-order valence-electron chi connectivity index (χ0n) is 14.9. The quantitative estimate of drug-likeness (QED) is 0.888. The highest BCUT2D eigenvalue weighted by Gasteiger charge is 2.33. The van der Waals surface area contributed by atoms with Gasteiger partial charge in [-0.05, 0) is 18.7 Å². The molecular formula is C18H26N4O3. The number of urea groups is 1. The number of nitrogens with one attached hydrogen (secondary N) is 1. The van der Waals surface area contributed by atoms with E-state index in [9.17, 15) is 9.59 Å². The molecular weight excluding hydrogens is 320 g/mol. The van der Waals surface area contributed by atoms with Gasteiger partial charge in [-0.1, -0.05) is 13.0 Å². The van der Waals surface area contributed by atoms with Crippen LogP contribution in [0.1, 0.15) is 13.3 Å². The van der Waals surface area contributed by atoms with Gasteiger partial charge in [0.15, 0.2) is 0 Å². The lowest BCUT2D eigenvalue weighted by molar-refractivity contribution is -0.117. The number of methoxy groups -OCH3 is 1. The molecule has 25 heavy (non-hydrogen) atoms. The Labute approximate surface area is 148 Å². The molecule has 1 atom stereocenters. The van der Waals surface area contributed by atoms with Crippen LogP contribution in [0.3, 0.4) is 0 Å². The van der Waals surface area contributed by atoms with Crippen molar-refractivity contribution in [1.82, 2.24) is 15.1 Å². The maximum Gasteiger partial charge on any atom is 0.317 e. The van der Waals surface area contributed by atoms with Crippen molar-refractivity contribution < 1.29 is 14.3 Å². The van der Waals surface area contributed by atoms with Gasteiger partial charge < -0.3 is 24.8 Å². The van der Waals surface area contributed by atoms with Crippen LogP contribution in [0.5, 0.6) is 5.75 Å². The summed E-state index contributed by atoms with van der Waals surface area (Å²) in [7, 11) is 1.60. The molecule has 1 aromatic carbocycles. The van der Waals surface area contributed by atoms with Gasteiger partial charge in [0.25, 0.3) is 0 Å². The van der Waals surface area contributed by atoms with Gasteiger partial charge in [-0.3, -0.25) is 4.79 Å². The molecule has 0 saturated carbocycles. The van der Waals surface area contributed by atoms with Crippen LogP contribution >= 0.6 is 0 Å². The van der Waals surface area contributed by atoms with Crippen LogP contribution in [-0.4, -0.2) is 74.2 Å². The molecule has 1 N–H and O–H groups in total. The first-order valence-electron chi connectivity index (χ1n) is 8.83. The largest absolute Gasteiger partial charge is 0.497 e. The number of amides is 3. The van der Waals surface area contributed by atoms with Crippen molar-refractivity contribution in [2.24, 2.45) is 0 Å². The highest BCUT2D eigenvalue weighted by molar-refractivity contribution is 5.97. The molecule has 3 rings (SSSR count).